The number of nitrogens with two attached hydrogens (primary N) is 1. The minimum absolute atomic E-state index is 0.648. The molecule has 1 unspecified atom stereocenters. The zero-order valence-electron chi connectivity index (χ0n) is 11.4. The van der Waals surface area contributed by atoms with Gasteiger partial charge in [0.1, 0.15) is 0 Å². The molecular formula is C15H28N2. The van der Waals surface area contributed by atoms with Crippen LogP contribution in [0.2, 0.25) is 0 Å². The molecule has 0 saturated heterocycles. The van der Waals surface area contributed by atoms with Crippen molar-refractivity contribution in [2.75, 3.05) is 20.1 Å². The molecule has 4 fully saturated rings. The van der Waals surface area contributed by atoms with Gasteiger partial charge in [0.15, 0.2) is 0 Å². The molecule has 0 heterocycles. The van der Waals surface area contributed by atoms with Gasteiger partial charge in [-0.3, -0.25) is 0 Å². The molecule has 1 atom stereocenters. The molecule has 4 aliphatic carbocycles. The molecule has 2 nitrogen and oxygen atoms in total. The van der Waals surface area contributed by atoms with Crippen LogP contribution in [0, 0.1) is 29.6 Å². The molecule has 4 aliphatic rings. The van der Waals surface area contributed by atoms with Gasteiger partial charge in [-0.25, -0.2) is 0 Å². The Hall–Kier alpha value is -0.0800. The van der Waals surface area contributed by atoms with Gasteiger partial charge in [0.2, 0.25) is 0 Å². The monoisotopic (exact) mass is 236 g/mol. The van der Waals surface area contributed by atoms with E-state index in [0.717, 1.165) is 42.7 Å². The quantitative estimate of drug-likeness (QED) is 0.812. The predicted molar refractivity (Wildman–Crippen MR) is 71.7 cm³/mol. The zero-order valence-corrected chi connectivity index (χ0v) is 11.4. The fourth-order valence-corrected chi connectivity index (χ4v) is 5.46. The van der Waals surface area contributed by atoms with Crippen LogP contribution in [0.25, 0.3) is 0 Å². The summed E-state index contributed by atoms with van der Waals surface area (Å²) in [6.07, 6.45) is 7.63. The molecular weight excluding hydrogens is 208 g/mol. The number of rotatable bonds is 4. The van der Waals surface area contributed by atoms with Crippen molar-refractivity contribution in [2.24, 2.45) is 35.3 Å². The number of hydrogen-bond acceptors (Lipinski definition) is 2. The molecule has 0 aliphatic heterocycles. The summed E-state index contributed by atoms with van der Waals surface area (Å²) in [5.41, 5.74) is 6.09. The van der Waals surface area contributed by atoms with Crippen molar-refractivity contribution in [3.63, 3.8) is 0 Å². The summed E-state index contributed by atoms with van der Waals surface area (Å²) in [5.74, 6) is 5.10. The van der Waals surface area contributed by atoms with Gasteiger partial charge in [-0.05, 0) is 75.3 Å². The second-order valence-electron chi connectivity index (χ2n) is 6.88. The van der Waals surface area contributed by atoms with Gasteiger partial charge in [-0.2, -0.15) is 0 Å². The summed E-state index contributed by atoms with van der Waals surface area (Å²) in [6.45, 7) is 4.26. The lowest BCUT2D eigenvalue weighted by atomic mass is 9.50. The summed E-state index contributed by atoms with van der Waals surface area (Å²) in [5, 5.41) is 0. The third-order valence-corrected chi connectivity index (χ3v) is 6.05. The van der Waals surface area contributed by atoms with Crippen LogP contribution in [0.5, 0.6) is 0 Å². The van der Waals surface area contributed by atoms with E-state index in [0.29, 0.717) is 6.04 Å². The van der Waals surface area contributed by atoms with Gasteiger partial charge in [-0.1, -0.05) is 6.92 Å². The molecule has 17 heavy (non-hydrogen) atoms. The molecule has 2 heteroatoms. The van der Waals surface area contributed by atoms with E-state index in [4.69, 9.17) is 5.73 Å². The van der Waals surface area contributed by atoms with Crippen LogP contribution in [0.1, 0.15) is 39.0 Å². The van der Waals surface area contributed by atoms with Gasteiger partial charge in [0, 0.05) is 12.6 Å². The van der Waals surface area contributed by atoms with E-state index in [1.54, 1.807) is 6.42 Å². The molecule has 0 amide bonds. The fourth-order valence-electron chi connectivity index (χ4n) is 5.46. The topological polar surface area (TPSA) is 29.3 Å². The normalized spacial score (nSPS) is 45.5. The minimum atomic E-state index is 0.648. The van der Waals surface area contributed by atoms with E-state index in [1.807, 2.05) is 0 Å². The van der Waals surface area contributed by atoms with Gasteiger partial charge in [-0.15, -0.1) is 0 Å². The average Bonchev–Trinajstić information content (AvgIpc) is 2.32. The molecule has 98 valence electrons. The highest BCUT2D eigenvalue weighted by Crippen LogP contribution is 2.57. The maximum absolute atomic E-state index is 6.09. The van der Waals surface area contributed by atoms with Crippen molar-refractivity contribution in [3.8, 4) is 0 Å². The van der Waals surface area contributed by atoms with Crippen LogP contribution >= 0.6 is 0 Å². The van der Waals surface area contributed by atoms with Gasteiger partial charge < -0.3 is 10.6 Å². The highest BCUT2D eigenvalue weighted by molar-refractivity contribution is 5.01. The van der Waals surface area contributed by atoms with E-state index in [9.17, 15) is 0 Å². The van der Waals surface area contributed by atoms with Gasteiger partial charge in [0.25, 0.3) is 0 Å². The summed E-state index contributed by atoms with van der Waals surface area (Å²) in [7, 11) is 2.27. The lowest BCUT2D eigenvalue weighted by Crippen LogP contribution is -2.55. The van der Waals surface area contributed by atoms with E-state index < -0.39 is 0 Å². The number of likely N-dealkylation sites (N-methyl/N-ethyl adjacent to an activating group) is 1. The maximum Gasteiger partial charge on any atom is 0.0248 e. The molecule has 0 spiro atoms. The van der Waals surface area contributed by atoms with Gasteiger partial charge >= 0.3 is 0 Å². The third kappa shape index (κ3) is 1.94. The van der Waals surface area contributed by atoms with Crippen LogP contribution < -0.4 is 5.73 Å². The van der Waals surface area contributed by atoms with Crippen molar-refractivity contribution < 1.29 is 0 Å². The van der Waals surface area contributed by atoms with E-state index in [2.05, 4.69) is 18.9 Å². The Morgan fingerprint density at radius 2 is 1.59 bits per heavy atom. The average molecular weight is 236 g/mol. The van der Waals surface area contributed by atoms with Crippen LogP contribution in [0.15, 0.2) is 0 Å². The first kappa shape index (κ1) is 12.0. The van der Waals surface area contributed by atoms with Crippen molar-refractivity contribution in [2.45, 2.75) is 45.1 Å². The first-order valence-electron chi connectivity index (χ1n) is 7.63. The minimum Gasteiger partial charge on any atom is -0.329 e. The Bertz CT molecular complexity index is 248. The first-order chi connectivity index (χ1) is 8.22. The smallest absolute Gasteiger partial charge is 0.0248 e. The van der Waals surface area contributed by atoms with Gasteiger partial charge in [0.05, 0.1) is 0 Å². The summed E-state index contributed by atoms with van der Waals surface area (Å²) in [4.78, 5) is 2.51. The van der Waals surface area contributed by atoms with Crippen molar-refractivity contribution in [1.82, 2.24) is 4.90 Å². The Morgan fingerprint density at radius 3 is 2.00 bits per heavy atom. The standard InChI is InChI=1S/C15H28N2/c1-3-17(2)14(9-16)15-12-5-10-4-11(7-12)8-13(15)6-10/h10-15H,3-9,16H2,1-2H3. The molecule has 0 aromatic carbocycles. The lowest BCUT2D eigenvalue weighted by Gasteiger charge is -2.57. The third-order valence-electron chi connectivity index (χ3n) is 6.05. The SMILES string of the molecule is CCN(C)C(CN)C1C2CC3CC(C2)CC1C3. The van der Waals surface area contributed by atoms with E-state index >= 15 is 0 Å². The van der Waals surface area contributed by atoms with E-state index in [-0.39, 0.29) is 0 Å². The highest BCUT2D eigenvalue weighted by atomic mass is 15.1. The lowest BCUT2D eigenvalue weighted by molar-refractivity contribution is -0.0680. The van der Waals surface area contributed by atoms with Crippen LogP contribution in [0.3, 0.4) is 0 Å². The molecule has 2 N–H and O–H groups in total. The number of nitrogens with zero attached hydrogens (tertiary/aromatic N) is 1. The zero-order chi connectivity index (χ0) is 12.0. The highest BCUT2D eigenvalue weighted by Gasteiger charge is 2.50. The summed E-state index contributed by atoms with van der Waals surface area (Å²) in [6, 6.07) is 0.648. The molecule has 0 aromatic rings. The van der Waals surface area contributed by atoms with E-state index in [1.165, 1.54) is 25.7 Å². The fraction of sp³-hybridized carbons (Fsp3) is 1.00. The van der Waals surface area contributed by atoms with Crippen molar-refractivity contribution >= 4 is 0 Å². The second kappa shape index (κ2) is 4.55. The molecule has 4 bridgehead atoms. The largest absolute Gasteiger partial charge is 0.329 e. The molecule has 0 radical (unpaired) electrons. The Kier molecular flexibility index (Phi) is 3.20. The maximum atomic E-state index is 6.09. The molecule has 4 saturated carbocycles. The number of hydrogen-bond donors (Lipinski definition) is 1. The Balaban J connectivity index is 1.78. The Labute approximate surface area is 106 Å². The predicted octanol–water partition coefficient (Wildman–Crippen LogP) is 2.34. The Morgan fingerprint density at radius 1 is 1.06 bits per heavy atom. The summed E-state index contributed by atoms with van der Waals surface area (Å²) >= 11 is 0. The van der Waals surface area contributed by atoms with Crippen molar-refractivity contribution in [3.05, 3.63) is 0 Å². The van der Waals surface area contributed by atoms with Crippen LogP contribution in [-0.2, 0) is 0 Å². The van der Waals surface area contributed by atoms with Crippen molar-refractivity contribution in [1.29, 1.82) is 0 Å². The molecule has 4 rings (SSSR count). The van der Waals surface area contributed by atoms with Crippen LogP contribution in [-0.4, -0.2) is 31.1 Å². The second-order valence-corrected chi connectivity index (χ2v) is 6.88. The van der Waals surface area contributed by atoms with Crippen LogP contribution in [0.4, 0.5) is 0 Å². The summed E-state index contributed by atoms with van der Waals surface area (Å²) < 4.78 is 0. The first-order valence-corrected chi connectivity index (χ1v) is 7.63. The molecule has 0 aromatic heterocycles.